The van der Waals surface area contributed by atoms with Crippen LogP contribution in [0, 0.1) is 34.5 Å². The predicted octanol–water partition coefficient (Wildman–Crippen LogP) is 4.43. The fourth-order valence-corrected chi connectivity index (χ4v) is 7.46. The zero-order chi connectivity index (χ0) is 20.4. The molecule has 0 aromatic carbocycles. The third kappa shape index (κ3) is 2.59. The Labute approximate surface area is 167 Å². The van der Waals surface area contributed by atoms with E-state index in [4.69, 9.17) is 4.74 Å². The molecule has 7 atom stereocenters. The lowest BCUT2D eigenvalue weighted by molar-refractivity contribution is -0.160. The van der Waals surface area contributed by atoms with E-state index < -0.39 is 6.10 Å². The van der Waals surface area contributed by atoms with Crippen LogP contribution in [-0.4, -0.2) is 23.6 Å². The lowest BCUT2D eigenvalue weighted by Gasteiger charge is -2.58. The highest BCUT2D eigenvalue weighted by Crippen LogP contribution is 2.66. The number of carbonyl (C=O) groups is 3. The largest absolute Gasteiger partial charge is 0.461 e. The van der Waals surface area contributed by atoms with Crippen molar-refractivity contribution in [3.05, 3.63) is 23.3 Å². The molecule has 0 bridgehead atoms. The van der Waals surface area contributed by atoms with Crippen LogP contribution < -0.4 is 0 Å². The van der Waals surface area contributed by atoms with E-state index in [1.54, 1.807) is 13.0 Å². The van der Waals surface area contributed by atoms with Gasteiger partial charge in [0.2, 0.25) is 0 Å². The van der Waals surface area contributed by atoms with Crippen molar-refractivity contribution in [1.82, 2.24) is 0 Å². The third-order valence-corrected chi connectivity index (χ3v) is 8.71. The molecule has 0 spiro atoms. The first-order chi connectivity index (χ1) is 13.1. The maximum Gasteiger partial charge on any atom is 0.302 e. The molecular formula is C24H32O4. The molecule has 4 nitrogen and oxygen atoms in total. The fourth-order valence-electron chi connectivity index (χ4n) is 7.46. The maximum atomic E-state index is 12.4. The molecule has 0 N–H and O–H groups in total. The van der Waals surface area contributed by atoms with Crippen molar-refractivity contribution in [1.29, 1.82) is 0 Å². The molecule has 1 unspecified atom stereocenters. The zero-order valence-electron chi connectivity index (χ0n) is 17.7. The molecule has 0 amide bonds. The molecule has 0 aromatic heterocycles. The summed E-state index contributed by atoms with van der Waals surface area (Å²) in [6.07, 6.45) is 8.13. The van der Waals surface area contributed by atoms with Crippen LogP contribution in [0.5, 0.6) is 0 Å². The number of fused-ring (bicyclic) bond motifs is 5. The van der Waals surface area contributed by atoms with Gasteiger partial charge in [0.1, 0.15) is 11.9 Å². The quantitative estimate of drug-likeness (QED) is 0.661. The molecule has 4 aliphatic rings. The van der Waals surface area contributed by atoms with Crippen LogP contribution in [0.1, 0.15) is 66.7 Å². The van der Waals surface area contributed by atoms with Crippen LogP contribution in [-0.2, 0) is 19.1 Å². The van der Waals surface area contributed by atoms with Crippen LogP contribution in [0.2, 0.25) is 0 Å². The number of rotatable bonds is 2. The summed E-state index contributed by atoms with van der Waals surface area (Å²) in [6.45, 7) is 9.79. The van der Waals surface area contributed by atoms with Crippen molar-refractivity contribution in [3.8, 4) is 0 Å². The number of esters is 1. The van der Waals surface area contributed by atoms with Crippen molar-refractivity contribution in [3.63, 3.8) is 0 Å². The minimum absolute atomic E-state index is 0.0445. The topological polar surface area (TPSA) is 60.4 Å². The second kappa shape index (κ2) is 6.40. The van der Waals surface area contributed by atoms with Gasteiger partial charge in [-0.05, 0) is 74.3 Å². The number of Topliss-reactive ketones (excluding diaryl/α,β-unsaturated/α-hetero) is 1. The molecule has 0 aliphatic heterocycles. The van der Waals surface area contributed by atoms with E-state index >= 15 is 0 Å². The van der Waals surface area contributed by atoms with E-state index in [1.807, 2.05) is 0 Å². The molecule has 152 valence electrons. The van der Waals surface area contributed by atoms with Crippen molar-refractivity contribution in [2.45, 2.75) is 72.8 Å². The van der Waals surface area contributed by atoms with E-state index in [-0.39, 0.29) is 34.9 Å². The van der Waals surface area contributed by atoms with Crippen LogP contribution in [0.25, 0.3) is 0 Å². The molecule has 4 rings (SSSR count). The normalized spacial score (nSPS) is 44.6. The van der Waals surface area contributed by atoms with E-state index in [0.29, 0.717) is 23.5 Å². The van der Waals surface area contributed by atoms with Crippen LogP contribution in [0.4, 0.5) is 0 Å². The van der Waals surface area contributed by atoms with Gasteiger partial charge in [-0.15, -0.1) is 0 Å². The highest BCUT2D eigenvalue weighted by Gasteiger charge is 2.61. The van der Waals surface area contributed by atoms with Crippen molar-refractivity contribution in [2.75, 3.05) is 0 Å². The monoisotopic (exact) mass is 384 g/mol. The average Bonchev–Trinajstić information content (AvgIpc) is 2.94. The smallest absolute Gasteiger partial charge is 0.302 e. The minimum Gasteiger partial charge on any atom is -0.461 e. The standard InChI is InChI=1S/C24H32O4/c1-13-10-17-19-7-6-18(14(2)25)23(19,4)9-8-20(17)24(5)21(13)11-16(27)12-22(24)28-15(3)26/h10-11,17-20,22H,6-9,12H2,1-5H3/t17-,18+,19-,20-,22?,23+,24+/m0/s1. The second-order valence-electron chi connectivity index (χ2n) is 10.0. The van der Waals surface area contributed by atoms with Crippen LogP contribution in [0.3, 0.4) is 0 Å². The Morgan fingerprint density at radius 3 is 2.46 bits per heavy atom. The molecule has 4 aliphatic carbocycles. The first kappa shape index (κ1) is 19.6. The average molecular weight is 385 g/mol. The number of carbonyl (C=O) groups excluding carboxylic acids is 3. The molecule has 2 fully saturated rings. The van der Waals surface area contributed by atoms with E-state index in [1.165, 1.54) is 6.92 Å². The molecular weight excluding hydrogens is 352 g/mol. The molecule has 28 heavy (non-hydrogen) atoms. The molecule has 0 radical (unpaired) electrons. The molecule has 0 heterocycles. The van der Waals surface area contributed by atoms with Crippen molar-refractivity contribution in [2.24, 2.45) is 34.5 Å². The van der Waals surface area contributed by atoms with Crippen LogP contribution >= 0.6 is 0 Å². The summed E-state index contributed by atoms with van der Waals surface area (Å²) in [5.41, 5.74) is 1.92. The van der Waals surface area contributed by atoms with Gasteiger partial charge >= 0.3 is 5.97 Å². The number of hydrogen-bond acceptors (Lipinski definition) is 4. The lowest BCUT2D eigenvalue weighted by Crippen LogP contribution is -2.55. The Hall–Kier alpha value is -1.71. The Balaban J connectivity index is 1.79. The second-order valence-corrected chi connectivity index (χ2v) is 10.0. The van der Waals surface area contributed by atoms with Gasteiger partial charge in [-0.2, -0.15) is 0 Å². The lowest BCUT2D eigenvalue weighted by atomic mass is 9.47. The first-order valence-electron chi connectivity index (χ1n) is 10.7. The summed E-state index contributed by atoms with van der Waals surface area (Å²) in [5.74, 6) is 1.40. The Bertz CT molecular complexity index is 805. The van der Waals surface area contributed by atoms with Crippen LogP contribution in [0.15, 0.2) is 23.3 Å². The Kier molecular flexibility index (Phi) is 4.48. The predicted molar refractivity (Wildman–Crippen MR) is 106 cm³/mol. The summed E-state index contributed by atoms with van der Waals surface area (Å²) in [6, 6.07) is 0. The first-order valence-corrected chi connectivity index (χ1v) is 10.7. The Morgan fingerprint density at radius 1 is 1.11 bits per heavy atom. The van der Waals surface area contributed by atoms with Gasteiger partial charge in [-0.3, -0.25) is 14.4 Å². The summed E-state index contributed by atoms with van der Waals surface area (Å²) >= 11 is 0. The van der Waals surface area contributed by atoms with Crippen molar-refractivity contribution >= 4 is 17.5 Å². The van der Waals surface area contributed by atoms with Gasteiger partial charge in [0, 0.05) is 24.7 Å². The van der Waals surface area contributed by atoms with E-state index in [9.17, 15) is 14.4 Å². The van der Waals surface area contributed by atoms with Gasteiger partial charge in [-0.1, -0.05) is 25.5 Å². The van der Waals surface area contributed by atoms with Gasteiger partial charge < -0.3 is 4.74 Å². The van der Waals surface area contributed by atoms with E-state index in [2.05, 4.69) is 26.8 Å². The summed E-state index contributed by atoms with van der Waals surface area (Å²) < 4.78 is 5.75. The molecule has 0 aromatic rings. The number of ether oxygens (including phenoxy) is 1. The number of ketones is 2. The zero-order valence-corrected chi connectivity index (χ0v) is 17.7. The highest BCUT2D eigenvalue weighted by atomic mass is 16.5. The van der Waals surface area contributed by atoms with Gasteiger partial charge in [-0.25, -0.2) is 0 Å². The molecule has 4 heteroatoms. The Morgan fingerprint density at radius 2 is 1.82 bits per heavy atom. The molecule has 2 saturated carbocycles. The molecule has 0 saturated heterocycles. The number of hydrogen-bond donors (Lipinski definition) is 0. The van der Waals surface area contributed by atoms with Gasteiger partial charge in [0.25, 0.3) is 0 Å². The van der Waals surface area contributed by atoms with Crippen molar-refractivity contribution < 1.29 is 19.1 Å². The maximum absolute atomic E-state index is 12.4. The van der Waals surface area contributed by atoms with Gasteiger partial charge in [0.05, 0.1) is 0 Å². The summed E-state index contributed by atoms with van der Waals surface area (Å²) in [5, 5.41) is 0. The van der Waals surface area contributed by atoms with E-state index in [0.717, 1.165) is 36.8 Å². The summed E-state index contributed by atoms with van der Waals surface area (Å²) in [7, 11) is 0. The SMILES string of the molecule is CC(=O)OC1CC(=O)C=C2C(C)=C[C@H]3[C@@H]4CC[C@H](C(C)=O)[C@@]4(C)CC[C@@H]3[C@]21C. The third-order valence-electron chi connectivity index (χ3n) is 8.71. The minimum atomic E-state index is -0.400. The summed E-state index contributed by atoms with van der Waals surface area (Å²) in [4.78, 5) is 36.5. The fraction of sp³-hybridized carbons (Fsp3) is 0.708. The number of allylic oxidation sites excluding steroid dienone is 3. The van der Waals surface area contributed by atoms with Gasteiger partial charge in [0.15, 0.2) is 5.78 Å². The highest BCUT2D eigenvalue weighted by molar-refractivity contribution is 5.93.